The third-order valence-corrected chi connectivity index (χ3v) is 10.2. The van der Waals surface area contributed by atoms with Gasteiger partial charge in [0.15, 0.2) is 0 Å². The minimum absolute atomic E-state index is 0. The third-order valence-electron chi connectivity index (χ3n) is 10.2. The van der Waals surface area contributed by atoms with Crippen LogP contribution < -0.4 is 51.8 Å². The van der Waals surface area contributed by atoms with E-state index in [4.69, 9.17) is 38.3 Å². The average Bonchev–Trinajstić information content (AvgIpc) is 3.76. The molecule has 88 heavy (non-hydrogen) atoms. The van der Waals surface area contributed by atoms with Crippen molar-refractivity contribution >= 4 is 83.0 Å². The number of nitrogens with one attached hydrogen (secondary N) is 3. The van der Waals surface area contributed by atoms with Gasteiger partial charge in [-0.05, 0) is 162 Å². The van der Waals surface area contributed by atoms with Crippen LogP contribution in [0.15, 0.2) is 50.6 Å². The van der Waals surface area contributed by atoms with E-state index in [1.165, 1.54) is 0 Å². The summed E-state index contributed by atoms with van der Waals surface area (Å²) < 4.78 is 35.2. The van der Waals surface area contributed by atoms with Crippen LogP contribution in [-0.4, -0.2) is 165 Å². The molecule has 0 radical (unpaired) electrons. The Morgan fingerprint density at radius 2 is 0.920 bits per heavy atom. The van der Waals surface area contributed by atoms with Crippen molar-refractivity contribution in [2.24, 2.45) is 0 Å². The maximum atomic E-state index is 11.9. The number of hydrogen-bond acceptors (Lipinski definition) is 18. The molecule has 1 heterocycles. The van der Waals surface area contributed by atoms with Crippen LogP contribution in [-0.2, 0) is 61.9 Å². The van der Waals surface area contributed by atoms with Gasteiger partial charge in [-0.15, -0.1) is 32.4 Å². The monoisotopic (exact) mass is 1320 g/mol. The van der Waals surface area contributed by atoms with Gasteiger partial charge in [-0.3, -0.25) is 9.59 Å². The predicted molar refractivity (Wildman–Crippen MR) is 331 cm³/mol. The van der Waals surface area contributed by atoms with Crippen molar-refractivity contribution in [1.82, 2.24) is 20.9 Å². The molecular weight excluding hydrogens is 1220 g/mol. The molecule has 0 saturated carbocycles. The maximum absolute atomic E-state index is 11.9. The number of aliphatic carboxylic acids is 1. The summed E-state index contributed by atoms with van der Waals surface area (Å²) >= 11 is 0. The second kappa shape index (κ2) is 56.1. The van der Waals surface area contributed by atoms with Crippen LogP contribution in [0.5, 0.6) is 0 Å². The Labute approximate surface area is 564 Å². The van der Waals surface area contributed by atoms with E-state index in [0.717, 1.165) is 62.7 Å². The van der Waals surface area contributed by atoms with Crippen molar-refractivity contribution in [2.75, 3.05) is 19.8 Å². The molecule has 500 valence electrons. The smallest absolute Gasteiger partial charge is 1.00 e. The number of hydrogen-bond donors (Lipinski definition) is 4. The molecule has 1 aliphatic heterocycles. The normalized spacial score (nSPS) is 13.1. The molecule has 1 aliphatic rings. The number of ether oxygens (including phenoxy) is 7. The number of amides is 5. The summed E-state index contributed by atoms with van der Waals surface area (Å²) in [5.74, 6) is -2.96. The molecule has 5 N–H and O–H groups in total. The number of carbonyl (C=O) groups is 10. The Bertz CT molecular complexity index is 2040. The van der Waals surface area contributed by atoms with Gasteiger partial charge >= 0.3 is 90.2 Å². The summed E-state index contributed by atoms with van der Waals surface area (Å²) in [6, 6.07) is -3.28. The van der Waals surface area contributed by atoms with Crippen LogP contribution in [0.3, 0.4) is 0 Å². The molecular formula is C62H108BrLiMgN4O19. The van der Waals surface area contributed by atoms with Crippen molar-refractivity contribution < 1.29 is 128 Å². The molecule has 23 nitrogen and oxygen atoms in total. The molecule has 0 aromatic rings. The van der Waals surface area contributed by atoms with Gasteiger partial charge in [-0.25, -0.2) is 43.3 Å². The van der Waals surface area contributed by atoms with Gasteiger partial charge in [-0.1, -0.05) is 43.9 Å². The van der Waals surface area contributed by atoms with Crippen molar-refractivity contribution in [2.45, 2.75) is 260 Å². The van der Waals surface area contributed by atoms with Gasteiger partial charge in [0.1, 0.15) is 52.4 Å². The Kier molecular flexibility index (Phi) is 63.3. The number of unbranched alkanes of at least 4 members (excludes halogenated alkanes) is 6. The Morgan fingerprint density at radius 1 is 0.568 bits per heavy atom. The Morgan fingerprint density at radius 3 is 1.25 bits per heavy atom. The fourth-order valence-electron chi connectivity index (χ4n) is 6.60. The largest absolute Gasteiger partial charge is 2.00 e. The van der Waals surface area contributed by atoms with Crippen LogP contribution in [0.2, 0.25) is 0 Å². The summed E-state index contributed by atoms with van der Waals surface area (Å²) in [6.45, 7) is 44.4. The van der Waals surface area contributed by atoms with Crippen molar-refractivity contribution in [3.63, 3.8) is 0 Å². The molecule has 0 bridgehead atoms. The van der Waals surface area contributed by atoms with E-state index in [-0.39, 0.29) is 109 Å². The summed E-state index contributed by atoms with van der Waals surface area (Å²) in [7, 11) is 0. The number of esters is 3. The number of ketones is 1. The van der Waals surface area contributed by atoms with Crippen LogP contribution in [0.4, 0.5) is 19.2 Å². The molecule has 1 saturated heterocycles. The molecule has 0 aromatic carbocycles. The first-order valence-electron chi connectivity index (χ1n) is 28.9. The van der Waals surface area contributed by atoms with E-state index in [9.17, 15) is 47.9 Å². The summed E-state index contributed by atoms with van der Waals surface area (Å²) in [5.41, 5.74) is -2.59. The Hall–Kier alpha value is -4.94. The zero-order chi connectivity index (χ0) is 65.7. The van der Waals surface area contributed by atoms with E-state index < -0.39 is 101 Å². The molecule has 0 aromatic heterocycles. The molecule has 26 heteroatoms. The fourth-order valence-corrected chi connectivity index (χ4v) is 6.60. The van der Waals surface area contributed by atoms with Gasteiger partial charge in [-0.2, -0.15) is 6.42 Å². The summed E-state index contributed by atoms with van der Waals surface area (Å²) in [4.78, 5) is 117. The number of allylic oxidation sites excluding steroid dienone is 4. The molecule has 4 atom stereocenters. The second-order valence-electron chi connectivity index (χ2n) is 22.8. The first-order chi connectivity index (χ1) is 38.9. The number of carboxylic acid groups (broad SMARTS) is 1. The fraction of sp³-hybridized carbons (Fsp3) is 0.694. The third kappa shape index (κ3) is 60.0. The van der Waals surface area contributed by atoms with Gasteiger partial charge in [0.2, 0.25) is 5.91 Å². The number of halogens is 1. The van der Waals surface area contributed by atoms with Crippen LogP contribution >= 0.6 is 0 Å². The zero-order valence-corrected chi connectivity index (χ0v) is 59.2. The molecule has 5 amide bonds. The number of rotatable bonds is 29. The number of Topliss-reactive ketones (excluding diaryl/α,β-unsaturated/α-hetero) is 1. The van der Waals surface area contributed by atoms with Crippen molar-refractivity contribution in [3.8, 4) is 0 Å². The molecule has 0 aliphatic carbocycles. The molecule has 0 spiro atoms. The quantitative estimate of drug-likeness (QED) is 0.0173. The topological polar surface area (TPSA) is 325 Å². The zero-order valence-electron chi connectivity index (χ0n) is 56.2. The number of alkyl carbamates (subject to hydrolysis) is 3. The van der Waals surface area contributed by atoms with Gasteiger partial charge < -0.3 is 83.6 Å². The molecule has 0 unspecified atom stereocenters. The van der Waals surface area contributed by atoms with Crippen molar-refractivity contribution in [3.05, 3.63) is 57.5 Å². The van der Waals surface area contributed by atoms with E-state index in [2.05, 4.69) is 49.2 Å². The number of carboxylic acids is 1. The molecule has 1 fully saturated rings. The second-order valence-corrected chi connectivity index (χ2v) is 22.8. The number of imide groups is 1. The minimum Gasteiger partial charge on any atom is -1.00 e. The Balaban J connectivity index is -0.000000156. The van der Waals surface area contributed by atoms with Gasteiger partial charge in [0.05, 0.1) is 19.8 Å². The average molecular weight is 1320 g/mol. The van der Waals surface area contributed by atoms with Crippen LogP contribution in [0.25, 0.3) is 0 Å². The number of carbonyl (C=O) groups excluding carboxylic acids is 9. The van der Waals surface area contributed by atoms with Gasteiger partial charge in [0, 0.05) is 19.3 Å². The standard InChI is InChI=1S/C16H27NO5.C16H29NO4.C14H25NO4.C12H19NO5.C4H7.BrH.Li.Mg.H2O/c1-6-8-9-12(18)10-11-13(14(19)21-7-2)17-15(20)22-16(3,4)5;1-6-8-9-10-11-12-13(14(18)20-7-2)17-15(19)21-16(3,4)5;1-5-6-7-8-9-10-11(12(16)17)15-13(18)19-14(2,3)4;1-5-17-10(15)8-6-7-9(14)13(8)11(16)18-12(2,3)4;1-3-4-2;;;;/h6,13H,1,7-11H2,2-5H3,(H,17,20);6,13H,1,7-12H2,2-5H3,(H,17,19);5,11H,1,6-10H2,2-4H3,(H,15,18)(H,16,17);8H,5-7H2,1-4H3;3H,1-2,4H2;1H;;;1H2/q;;;;-1;;+1;+2;/p-2/t2*13-;11-;8-;;;;;/m0000...../s1. The maximum Gasteiger partial charge on any atom is 2.00 e. The number of nitrogens with zero attached hydrogens (tertiary/aromatic N) is 1. The predicted octanol–water partition coefficient (Wildman–Crippen LogP) is 5.76. The summed E-state index contributed by atoms with van der Waals surface area (Å²) in [6.07, 6.45) is 15.4. The van der Waals surface area contributed by atoms with Gasteiger partial charge in [0.25, 0.3) is 0 Å². The minimum atomic E-state index is -1.03. The van der Waals surface area contributed by atoms with Crippen molar-refractivity contribution in [1.29, 1.82) is 0 Å². The van der Waals surface area contributed by atoms with Crippen LogP contribution in [0.1, 0.15) is 213 Å². The number of likely N-dealkylation sites (tertiary alicyclic amines) is 1. The van der Waals surface area contributed by atoms with Crippen LogP contribution in [0, 0.1) is 6.92 Å². The molecule has 1 rings (SSSR count). The van der Waals surface area contributed by atoms with E-state index in [1.54, 1.807) is 116 Å². The first-order valence-corrected chi connectivity index (χ1v) is 28.9. The SMILES string of the molecule is C=CCCC(=O)CC[C@H](NC(=O)OC(C)(C)C)C(=O)OCC.C=CCCCCC[C@H](NC(=O)OC(C)(C)C)C(=O)O.C=CCCCCC[C@H](NC(=O)OC(C)(C)C)C(=O)OCC.C=CC[CH2-].CCOC(=O)[C@@H]1CCC(=O)N1C(=O)OC(C)(C)C.[Br-].[Li+].[Mg+2].[OH-]. The van der Waals surface area contributed by atoms with E-state index >= 15 is 0 Å². The van der Waals surface area contributed by atoms with E-state index in [1.807, 2.05) is 12.2 Å². The first kappa shape index (κ1) is 99.3. The summed E-state index contributed by atoms with van der Waals surface area (Å²) in [5, 5.41) is 16.5. The van der Waals surface area contributed by atoms with E-state index in [0.29, 0.717) is 32.3 Å².